The number of ketones is 1. The molecule has 1 amide bonds. The minimum Gasteiger partial charge on any atom is -0.493 e. The Morgan fingerprint density at radius 1 is 1.12 bits per heavy atom. The van der Waals surface area contributed by atoms with Crippen LogP contribution in [-0.4, -0.2) is 57.9 Å². The molecule has 1 fully saturated rings. The number of carbonyl (C=O) groups is 2. The number of hydrogen-bond acceptors (Lipinski definition) is 5. The van der Waals surface area contributed by atoms with Gasteiger partial charge in [-0.25, -0.2) is 4.79 Å². The highest BCUT2D eigenvalue weighted by Gasteiger charge is 2.30. The summed E-state index contributed by atoms with van der Waals surface area (Å²) in [4.78, 5) is 46.4. The molecule has 1 saturated heterocycles. The summed E-state index contributed by atoms with van der Waals surface area (Å²) in [5.41, 5.74) is 3.06. The van der Waals surface area contributed by atoms with Crippen LogP contribution in [0.2, 0.25) is 0 Å². The summed E-state index contributed by atoms with van der Waals surface area (Å²) in [7, 11) is 1.53. The van der Waals surface area contributed by atoms with Crippen molar-refractivity contribution in [1.82, 2.24) is 19.4 Å². The Labute approximate surface area is 194 Å². The number of fused-ring (bicyclic) bond motifs is 4. The van der Waals surface area contributed by atoms with Crippen molar-refractivity contribution >= 4 is 33.6 Å². The second-order valence-corrected chi connectivity index (χ2v) is 8.79. The fourth-order valence-corrected chi connectivity index (χ4v) is 5.22. The number of para-hydroxylation sites is 2. The van der Waals surface area contributed by atoms with E-state index in [0.717, 1.165) is 16.4 Å². The first-order valence-corrected chi connectivity index (χ1v) is 11.4. The third-order valence-corrected chi connectivity index (χ3v) is 6.88. The van der Waals surface area contributed by atoms with Crippen molar-refractivity contribution < 1.29 is 19.1 Å². The number of imidazole rings is 1. The molecule has 2 aromatic heterocycles. The number of aromatic nitrogens is 3. The van der Waals surface area contributed by atoms with E-state index in [0.29, 0.717) is 60.8 Å². The SMILES string of the molecule is COc1cc2cc(C(=O)N3CCC(n4c(=O)[nH]c5ccccc54)CC3)[nH]c2c2c1OCCC2=O. The summed E-state index contributed by atoms with van der Waals surface area (Å²) >= 11 is 0. The Kier molecular flexibility index (Phi) is 4.72. The molecule has 2 aliphatic rings. The van der Waals surface area contributed by atoms with Crippen LogP contribution in [0.5, 0.6) is 11.5 Å². The Bertz CT molecular complexity index is 1500. The third-order valence-electron chi connectivity index (χ3n) is 6.88. The summed E-state index contributed by atoms with van der Waals surface area (Å²) in [5, 5.41) is 0.734. The molecule has 0 spiro atoms. The van der Waals surface area contributed by atoms with E-state index in [1.54, 1.807) is 17.0 Å². The van der Waals surface area contributed by atoms with E-state index in [9.17, 15) is 14.4 Å². The normalized spacial score (nSPS) is 16.6. The summed E-state index contributed by atoms with van der Waals surface area (Å²) in [6.45, 7) is 1.39. The second-order valence-electron chi connectivity index (χ2n) is 8.79. The van der Waals surface area contributed by atoms with Gasteiger partial charge in [0.25, 0.3) is 5.91 Å². The van der Waals surface area contributed by atoms with Gasteiger partial charge in [-0.2, -0.15) is 0 Å². The number of hydrogen-bond donors (Lipinski definition) is 2. The molecule has 0 bridgehead atoms. The fourth-order valence-electron chi connectivity index (χ4n) is 5.22. The van der Waals surface area contributed by atoms with Crippen molar-refractivity contribution in [3.05, 3.63) is 58.1 Å². The molecule has 34 heavy (non-hydrogen) atoms. The van der Waals surface area contributed by atoms with E-state index in [-0.39, 0.29) is 29.8 Å². The predicted octanol–water partition coefficient (Wildman–Crippen LogP) is 3.26. The van der Waals surface area contributed by atoms with Gasteiger partial charge in [0.05, 0.1) is 35.8 Å². The lowest BCUT2D eigenvalue weighted by atomic mass is 10.0. The average Bonchev–Trinajstić information content (AvgIpc) is 3.43. The van der Waals surface area contributed by atoms with Gasteiger partial charge in [0.1, 0.15) is 5.69 Å². The van der Waals surface area contributed by atoms with Crippen molar-refractivity contribution in [2.75, 3.05) is 26.8 Å². The summed E-state index contributed by atoms with van der Waals surface area (Å²) in [6.07, 6.45) is 1.66. The van der Waals surface area contributed by atoms with E-state index in [2.05, 4.69) is 9.97 Å². The van der Waals surface area contributed by atoms with Crippen molar-refractivity contribution in [1.29, 1.82) is 0 Å². The average molecular weight is 460 g/mol. The zero-order valence-corrected chi connectivity index (χ0v) is 18.7. The minimum absolute atomic E-state index is 0.0291. The lowest BCUT2D eigenvalue weighted by Crippen LogP contribution is -2.40. The molecular formula is C25H24N4O5. The van der Waals surface area contributed by atoms with Crippen LogP contribution in [0.15, 0.2) is 41.2 Å². The molecule has 4 heterocycles. The molecular weight excluding hydrogens is 436 g/mol. The van der Waals surface area contributed by atoms with Crippen molar-refractivity contribution in [2.24, 2.45) is 0 Å². The van der Waals surface area contributed by atoms with Crippen LogP contribution in [0.4, 0.5) is 0 Å². The van der Waals surface area contributed by atoms with Crippen LogP contribution in [0.1, 0.15) is 46.2 Å². The lowest BCUT2D eigenvalue weighted by Gasteiger charge is -2.32. The monoisotopic (exact) mass is 460 g/mol. The molecule has 4 aromatic rings. The Morgan fingerprint density at radius 2 is 1.91 bits per heavy atom. The minimum atomic E-state index is -0.127. The number of H-pyrrole nitrogens is 2. The van der Waals surface area contributed by atoms with Crippen LogP contribution in [-0.2, 0) is 0 Å². The van der Waals surface area contributed by atoms with E-state index >= 15 is 0 Å². The van der Waals surface area contributed by atoms with Crippen LogP contribution in [0.25, 0.3) is 21.9 Å². The predicted molar refractivity (Wildman–Crippen MR) is 126 cm³/mol. The van der Waals surface area contributed by atoms with Gasteiger partial charge in [0, 0.05) is 30.9 Å². The van der Waals surface area contributed by atoms with Crippen molar-refractivity contribution in [3.63, 3.8) is 0 Å². The summed E-state index contributed by atoms with van der Waals surface area (Å²) < 4.78 is 12.9. The number of ether oxygens (including phenoxy) is 2. The van der Waals surface area contributed by atoms with E-state index < -0.39 is 0 Å². The largest absolute Gasteiger partial charge is 0.493 e. The van der Waals surface area contributed by atoms with Crippen LogP contribution in [0, 0.1) is 0 Å². The number of nitrogens with zero attached hydrogens (tertiary/aromatic N) is 2. The molecule has 2 aliphatic heterocycles. The maximum absolute atomic E-state index is 13.3. The number of likely N-dealkylation sites (tertiary alicyclic amines) is 1. The molecule has 6 rings (SSSR count). The van der Waals surface area contributed by atoms with Gasteiger partial charge in [0.2, 0.25) is 0 Å². The summed E-state index contributed by atoms with van der Waals surface area (Å²) in [5.74, 6) is 0.754. The lowest BCUT2D eigenvalue weighted by molar-refractivity contribution is 0.0689. The number of Topliss-reactive ketones (excluding diaryl/α,β-unsaturated/α-hetero) is 1. The first kappa shape index (κ1) is 20.6. The standard InChI is InChI=1S/C25H24N4O5/c1-33-20-13-14-12-17(26-22(14)21-19(30)8-11-34-23(20)21)24(31)28-9-6-15(7-10-28)29-18-5-3-2-4-16(18)27-25(29)32/h2-5,12-13,15,26H,6-11H2,1H3,(H,27,32). The Balaban J connectivity index is 1.27. The zero-order valence-electron chi connectivity index (χ0n) is 18.7. The van der Waals surface area contributed by atoms with Gasteiger partial charge in [-0.15, -0.1) is 0 Å². The molecule has 2 aromatic carbocycles. The Hall–Kier alpha value is -4.01. The first-order chi connectivity index (χ1) is 16.5. The van der Waals surface area contributed by atoms with Crippen LogP contribution >= 0.6 is 0 Å². The highest BCUT2D eigenvalue weighted by atomic mass is 16.5. The number of piperidine rings is 1. The maximum Gasteiger partial charge on any atom is 0.326 e. The van der Waals surface area contributed by atoms with Crippen LogP contribution < -0.4 is 15.2 Å². The van der Waals surface area contributed by atoms with Gasteiger partial charge in [0.15, 0.2) is 17.3 Å². The number of carbonyl (C=O) groups excluding carboxylic acids is 2. The van der Waals surface area contributed by atoms with Crippen LogP contribution in [0.3, 0.4) is 0 Å². The summed E-state index contributed by atoms with van der Waals surface area (Å²) in [6, 6.07) is 11.2. The van der Waals surface area contributed by atoms with Gasteiger partial charge < -0.3 is 24.3 Å². The molecule has 2 N–H and O–H groups in total. The fraction of sp³-hybridized carbons (Fsp3) is 0.320. The number of nitrogens with one attached hydrogen (secondary N) is 2. The molecule has 9 heteroatoms. The molecule has 0 radical (unpaired) electrons. The molecule has 0 aliphatic carbocycles. The topological polar surface area (TPSA) is 109 Å². The van der Waals surface area contributed by atoms with Crippen molar-refractivity contribution in [3.8, 4) is 11.5 Å². The van der Waals surface area contributed by atoms with E-state index in [4.69, 9.17) is 9.47 Å². The number of methoxy groups -OCH3 is 1. The molecule has 0 saturated carbocycles. The number of rotatable bonds is 3. The van der Waals surface area contributed by atoms with E-state index in [1.807, 2.05) is 28.8 Å². The number of amides is 1. The first-order valence-electron chi connectivity index (χ1n) is 11.4. The van der Waals surface area contributed by atoms with Crippen molar-refractivity contribution in [2.45, 2.75) is 25.3 Å². The van der Waals surface area contributed by atoms with Gasteiger partial charge in [-0.05, 0) is 37.1 Å². The maximum atomic E-state index is 13.3. The molecule has 0 unspecified atom stereocenters. The van der Waals surface area contributed by atoms with Gasteiger partial charge in [-0.3, -0.25) is 14.2 Å². The van der Waals surface area contributed by atoms with E-state index in [1.165, 1.54) is 7.11 Å². The second kappa shape index (κ2) is 7.79. The Morgan fingerprint density at radius 3 is 2.71 bits per heavy atom. The van der Waals surface area contributed by atoms with Gasteiger partial charge >= 0.3 is 5.69 Å². The highest BCUT2D eigenvalue weighted by molar-refractivity contribution is 6.12. The smallest absolute Gasteiger partial charge is 0.326 e. The molecule has 174 valence electrons. The third kappa shape index (κ3) is 3.11. The highest BCUT2D eigenvalue weighted by Crippen LogP contribution is 2.40. The van der Waals surface area contributed by atoms with Gasteiger partial charge in [-0.1, -0.05) is 12.1 Å². The zero-order chi connectivity index (χ0) is 23.4. The molecule has 9 nitrogen and oxygen atoms in total. The number of benzene rings is 2. The molecule has 0 atom stereocenters. The number of aromatic amines is 2. The quantitative estimate of drug-likeness (QED) is 0.488.